The number of benzene rings is 1. The van der Waals surface area contributed by atoms with Crippen LogP contribution in [0.1, 0.15) is 47.7 Å². The summed E-state index contributed by atoms with van der Waals surface area (Å²) in [6.45, 7) is 2.02. The highest BCUT2D eigenvalue weighted by Gasteiger charge is 2.29. The molecule has 1 aliphatic carbocycles. The first kappa shape index (κ1) is 23.1. The fourth-order valence-corrected chi connectivity index (χ4v) is 4.60. The number of fused-ring (bicyclic) bond motifs is 1. The third kappa shape index (κ3) is 4.76. The molecule has 0 unspecified atom stereocenters. The highest BCUT2D eigenvalue weighted by atomic mass is 79.9. The summed E-state index contributed by atoms with van der Waals surface area (Å²) in [6, 6.07) is 9.36. The Kier molecular flexibility index (Phi) is 6.24. The Balaban J connectivity index is 1.36. The van der Waals surface area contributed by atoms with E-state index in [-0.39, 0.29) is 23.9 Å². The predicted molar refractivity (Wildman–Crippen MR) is 131 cm³/mol. The van der Waals surface area contributed by atoms with E-state index in [0.29, 0.717) is 39.3 Å². The van der Waals surface area contributed by atoms with Crippen molar-refractivity contribution in [2.45, 2.75) is 45.2 Å². The number of alkyl halides is 2. The topological polar surface area (TPSA) is 77.6 Å². The number of hydrogen-bond donors (Lipinski definition) is 1. The number of hydrogen-bond acceptors (Lipinski definition) is 4. The molecule has 0 spiro atoms. The Hall–Kier alpha value is -2.66. The average molecular weight is 594 g/mol. The Labute approximate surface area is 210 Å². The smallest absolute Gasteiger partial charge is 0.264 e. The van der Waals surface area contributed by atoms with Gasteiger partial charge >= 0.3 is 0 Å². The van der Waals surface area contributed by atoms with Crippen molar-refractivity contribution in [1.82, 2.24) is 24.5 Å². The molecule has 3 aromatic heterocycles. The van der Waals surface area contributed by atoms with Crippen LogP contribution in [-0.4, -0.2) is 30.5 Å². The van der Waals surface area contributed by atoms with E-state index >= 15 is 0 Å². The normalized spacial score (nSPS) is 13.7. The van der Waals surface area contributed by atoms with Crippen molar-refractivity contribution in [2.24, 2.45) is 0 Å². The average Bonchev–Trinajstić information content (AvgIpc) is 3.52. The van der Waals surface area contributed by atoms with Gasteiger partial charge in [0, 0.05) is 27.8 Å². The first-order valence-corrected chi connectivity index (χ1v) is 12.3. The van der Waals surface area contributed by atoms with E-state index < -0.39 is 6.43 Å². The molecule has 1 amide bonds. The van der Waals surface area contributed by atoms with E-state index in [4.69, 9.17) is 0 Å². The lowest BCUT2D eigenvalue weighted by Crippen LogP contribution is -2.20. The zero-order valence-corrected chi connectivity index (χ0v) is 21.3. The number of carbonyl (C=O) groups is 1. The van der Waals surface area contributed by atoms with Crippen LogP contribution >= 0.6 is 31.9 Å². The van der Waals surface area contributed by atoms with Gasteiger partial charge in [-0.15, -0.1) is 0 Å². The molecule has 11 heteroatoms. The van der Waals surface area contributed by atoms with Crippen LogP contribution in [0.15, 0.2) is 45.5 Å². The molecule has 0 radical (unpaired) electrons. The molecule has 1 saturated carbocycles. The summed E-state index contributed by atoms with van der Waals surface area (Å²) in [5.41, 5.74) is 2.35. The molecule has 34 heavy (non-hydrogen) atoms. The molecular formula is C23H20Br2F2N6O. The molecule has 0 saturated heterocycles. The van der Waals surface area contributed by atoms with Gasteiger partial charge in [0.1, 0.15) is 6.54 Å². The number of nitrogens with one attached hydrogen (secondary N) is 1. The maximum absolute atomic E-state index is 13.8. The number of carbonyl (C=O) groups excluding carboxylic acids is 1. The van der Waals surface area contributed by atoms with Crippen LogP contribution in [-0.2, 0) is 17.9 Å². The molecule has 4 aromatic rings. The van der Waals surface area contributed by atoms with E-state index in [0.717, 1.165) is 22.9 Å². The minimum absolute atomic E-state index is 0.0783. The fraction of sp³-hybridized carbons (Fsp3) is 0.304. The largest absolute Gasteiger partial charge is 0.307 e. The Morgan fingerprint density at radius 2 is 1.94 bits per heavy atom. The van der Waals surface area contributed by atoms with Gasteiger partial charge in [-0.3, -0.25) is 9.48 Å². The molecular weight excluding hydrogens is 574 g/mol. The number of pyridine rings is 1. The molecule has 0 bridgehead atoms. The van der Waals surface area contributed by atoms with Crippen molar-refractivity contribution < 1.29 is 13.6 Å². The molecule has 1 aliphatic rings. The molecule has 0 atom stereocenters. The zero-order valence-electron chi connectivity index (χ0n) is 18.1. The van der Waals surface area contributed by atoms with Crippen molar-refractivity contribution in [2.75, 3.05) is 5.32 Å². The van der Waals surface area contributed by atoms with Crippen molar-refractivity contribution in [3.8, 4) is 0 Å². The van der Waals surface area contributed by atoms with Gasteiger partial charge in [-0.05, 0) is 59.5 Å². The van der Waals surface area contributed by atoms with Gasteiger partial charge in [-0.25, -0.2) is 18.4 Å². The van der Waals surface area contributed by atoms with Gasteiger partial charge in [-0.1, -0.05) is 28.1 Å². The summed E-state index contributed by atoms with van der Waals surface area (Å²) in [6.07, 6.45) is 1.01. The van der Waals surface area contributed by atoms with Gasteiger partial charge < -0.3 is 5.32 Å². The minimum atomic E-state index is -2.64. The highest BCUT2D eigenvalue weighted by molar-refractivity contribution is 9.10. The van der Waals surface area contributed by atoms with Crippen LogP contribution in [0.4, 0.5) is 14.6 Å². The van der Waals surface area contributed by atoms with Crippen LogP contribution in [0, 0.1) is 6.92 Å². The molecule has 7 nitrogen and oxygen atoms in total. The third-order valence-electron chi connectivity index (χ3n) is 5.68. The first-order chi connectivity index (χ1) is 16.3. The third-order valence-corrected chi connectivity index (χ3v) is 6.79. The second-order valence-electron chi connectivity index (χ2n) is 8.35. The van der Waals surface area contributed by atoms with Gasteiger partial charge in [0.15, 0.2) is 11.5 Å². The predicted octanol–water partition coefficient (Wildman–Crippen LogP) is 5.96. The lowest BCUT2D eigenvalue weighted by Gasteiger charge is -2.08. The molecule has 1 N–H and O–H groups in total. The van der Waals surface area contributed by atoms with Crippen molar-refractivity contribution in [3.63, 3.8) is 0 Å². The van der Waals surface area contributed by atoms with Gasteiger partial charge in [0.05, 0.1) is 22.1 Å². The summed E-state index contributed by atoms with van der Waals surface area (Å²) < 4.78 is 32.3. The molecule has 1 fully saturated rings. The lowest BCUT2D eigenvalue weighted by molar-refractivity contribution is -0.116. The second-order valence-corrected chi connectivity index (χ2v) is 10.1. The van der Waals surface area contributed by atoms with Crippen molar-refractivity contribution >= 4 is 54.6 Å². The maximum Gasteiger partial charge on any atom is 0.264 e. The zero-order chi connectivity index (χ0) is 24.0. The van der Waals surface area contributed by atoms with Gasteiger partial charge in [-0.2, -0.15) is 10.2 Å². The number of anilines is 1. The van der Waals surface area contributed by atoms with Crippen LogP contribution in [0.25, 0.3) is 11.0 Å². The number of aromatic nitrogens is 5. The van der Waals surface area contributed by atoms with Crippen LogP contribution in [0.3, 0.4) is 0 Å². The fourth-order valence-electron chi connectivity index (χ4n) is 3.92. The number of rotatable bonds is 7. The maximum atomic E-state index is 13.8. The SMILES string of the molecule is Cc1nn(CC(=O)Nc2nn(Cc3ccc(Br)cc3)cc2Br)c2nc(C3CC3)cc(C(F)F)c12. The second kappa shape index (κ2) is 9.18. The Bertz CT molecular complexity index is 1380. The van der Waals surface area contributed by atoms with Crippen LogP contribution in [0.5, 0.6) is 0 Å². The summed E-state index contributed by atoms with van der Waals surface area (Å²) in [5.74, 6) is 0.191. The van der Waals surface area contributed by atoms with E-state index in [2.05, 4.69) is 52.4 Å². The first-order valence-electron chi connectivity index (χ1n) is 10.7. The van der Waals surface area contributed by atoms with Crippen LogP contribution < -0.4 is 5.32 Å². The summed E-state index contributed by atoms with van der Waals surface area (Å²) in [5, 5.41) is 11.9. The van der Waals surface area contributed by atoms with Gasteiger partial charge in [0.2, 0.25) is 5.91 Å². The lowest BCUT2D eigenvalue weighted by atomic mass is 10.1. The number of halogens is 4. The van der Waals surface area contributed by atoms with Crippen molar-refractivity contribution in [1.29, 1.82) is 0 Å². The summed E-state index contributed by atoms with van der Waals surface area (Å²) in [7, 11) is 0. The highest BCUT2D eigenvalue weighted by Crippen LogP contribution is 2.42. The molecule has 176 valence electrons. The molecule has 1 aromatic carbocycles. The summed E-state index contributed by atoms with van der Waals surface area (Å²) >= 11 is 6.85. The van der Waals surface area contributed by atoms with E-state index in [1.54, 1.807) is 17.8 Å². The van der Waals surface area contributed by atoms with Gasteiger partial charge in [0.25, 0.3) is 6.43 Å². The van der Waals surface area contributed by atoms with E-state index in [1.165, 1.54) is 10.7 Å². The Morgan fingerprint density at radius 1 is 1.21 bits per heavy atom. The monoisotopic (exact) mass is 592 g/mol. The molecule has 3 heterocycles. The number of nitrogens with zero attached hydrogens (tertiary/aromatic N) is 5. The molecule has 0 aliphatic heterocycles. The molecule has 5 rings (SSSR count). The van der Waals surface area contributed by atoms with E-state index in [9.17, 15) is 13.6 Å². The Morgan fingerprint density at radius 3 is 2.62 bits per heavy atom. The minimum Gasteiger partial charge on any atom is -0.307 e. The quantitative estimate of drug-likeness (QED) is 0.287. The standard InChI is InChI=1S/C23H20Br2F2N6O/c1-12-20-16(21(26)27)8-18(14-4-5-14)28-23(20)33(30-12)11-19(34)29-22-17(25)10-32(31-22)9-13-2-6-15(24)7-3-13/h2-3,6-8,10,14,21H,4-5,9,11H2,1H3,(H,29,31,34). The number of amides is 1. The summed E-state index contributed by atoms with van der Waals surface area (Å²) in [4.78, 5) is 17.4. The van der Waals surface area contributed by atoms with Crippen molar-refractivity contribution in [3.05, 3.63) is 68.0 Å². The number of aryl methyl sites for hydroxylation is 1. The van der Waals surface area contributed by atoms with E-state index in [1.807, 2.05) is 24.3 Å². The van der Waals surface area contributed by atoms with Crippen LogP contribution in [0.2, 0.25) is 0 Å².